The number of hydrogen-bond donors (Lipinski definition) is 0. The maximum atomic E-state index is 12.2. The van der Waals surface area contributed by atoms with Crippen molar-refractivity contribution in [1.82, 2.24) is 9.80 Å². The summed E-state index contributed by atoms with van der Waals surface area (Å²) in [6, 6.07) is 1.29. The number of nitrogens with zero attached hydrogens (tertiary/aromatic N) is 2. The second kappa shape index (κ2) is 15.3. The van der Waals surface area contributed by atoms with E-state index in [2.05, 4.69) is 9.80 Å². The summed E-state index contributed by atoms with van der Waals surface area (Å²) in [5.41, 5.74) is 0. The van der Waals surface area contributed by atoms with Gasteiger partial charge in [0.05, 0.1) is 13.2 Å². The van der Waals surface area contributed by atoms with Crippen LogP contribution in [0, 0.1) is 11.8 Å². The van der Waals surface area contributed by atoms with E-state index >= 15 is 0 Å². The molecule has 0 radical (unpaired) electrons. The van der Waals surface area contributed by atoms with Crippen LogP contribution >= 0.6 is 0 Å². The van der Waals surface area contributed by atoms with Crippen molar-refractivity contribution < 1.29 is 19.1 Å². The number of fused-ring (bicyclic) bond motifs is 2. The molecular weight excluding hydrogens is 452 g/mol. The molecule has 0 amide bonds. The van der Waals surface area contributed by atoms with E-state index in [9.17, 15) is 9.59 Å². The van der Waals surface area contributed by atoms with Crippen molar-refractivity contribution in [3.05, 3.63) is 0 Å². The quantitative estimate of drug-likeness (QED) is 0.236. The minimum absolute atomic E-state index is 0.0139. The maximum absolute atomic E-state index is 12.2. The Hall–Kier alpha value is -1.14. The van der Waals surface area contributed by atoms with Crippen molar-refractivity contribution in [1.29, 1.82) is 0 Å². The minimum Gasteiger partial charge on any atom is -0.465 e. The molecule has 36 heavy (non-hydrogen) atoms. The highest BCUT2D eigenvalue weighted by molar-refractivity contribution is 5.69. The molecule has 6 nitrogen and oxygen atoms in total. The fourth-order valence-electron chi connectivity index (χ4n) is 7.33. The summed E-state index contributed by atoms with van der Waals surface area (Å²) < 4.78 is 11.4. The lowest BCUT2D eigenvalue weighted by molar-refractivity contribution is -0.147. The Morgan fingerprint density at radius 1 is 0.528 bits per heavy atom. The molecule has 206 valence electrons. The standard InChI is InChI=1S/C30H52N2O4/c33-29(35-23-25-13-11-21-31-19-9-7-15-27(25)31)17-5-3-1-2-4-6-18-30(34)36-24-26-14-12-22-32-20-10-8-16-28(26)32/h25-28H,1-24H2. The van der Waals surface area contributed by atoms with Gasteiger partial charge in [-0.05, 0) is 90.4 Å². The van der Waals surface area contributed by atoms with Crippen LogP contribution in [-0.4, -0.2) is 73.2 Å². The van der Waals surface area contributed by atoms with E-state index in [0.717, 1.165) is 38.5 Å². The van der Waals surface area contributed by atoms with Gasteiger partial charge in [0.1, 0.15) is 0 Å². The third-order valence-electron chi connectivity index (χ3n) is 9.39. The Kier molecular flexibility index (Phi) is 11.9. The number of hydrogen-bond acceptors (Lipinski definition) is 6. The highest BCUT2D eigenvalue weighted by atomic mass is 16.5. The van der Waals surface area contributed by atoms with E-state index in [1.165, 1.54) is 90.4 Å². The topological polar surface area (TPSA) is 59.1 Å². The van der Waals surface area contributed by atoms with Crippen LogP contribution in [0.15, 0.2) is 0 Å². The third kappa shape index (κ3) is 8.72. The first-order chi connectivity index (χ1) is 17.7. The van der Waals surface area contributed by atoms with Gasteiger partial charge in [0.15, 0.2) is 0 Å². The number of carbonyl (C=O) groups is 2. The van der Waals surface area contributed by atoms with E-state index in [0.29, 0.717) is 50.0 Å². The van der Waals surface area contributed by atoms with E-state index in [1.54, 1.807) is 0 Å². The Morgan fingerprint density at radius 3 is 1.42 bits per heavy atom. The molecular formula is C30H52N2O4. The fraction of sp³-hybridized carbons (Fsp3) is 0.933. The lowest BCUT2D eigenvalue weighted by atomic mass is 9.84. The molecule has 0 aromatic heterocycles. The van der Waals surface area contributed by atoms with Crippen LogP contribution in [0.1, 0.15) is 116 Å². The molecule has 0 saturated carbocycles. The van der Waals surface area contributed by atoms with Crippen LogP contribution in [-0.2, 0) is 19.1 Å². The van der Waals surface area contributed by atoms with Gasteiger partial charge in [-0.1, -0.05) is 38.5 Å². The zero-order chi connectivity index (χ0) is 25.0. The number of carbonyl (C=O) groups excluding carboxylic acids is 2. The fourth-order valence-corrected chi connectivity index (χ4v) is 7.33. The summed E-state index contributed by atoms with van der Waals surface area (Å²) in [4.78, 5) is 29.7. The van der Waals surface area contributed by atoms with Crippen molar-refractivity contribution in [3.8, 4) is 0 Å². The number of piperidine rings is 4. The van der Waals surface area contributed by atoms with Crippen molar-refractivity contribution in [3.63, 3.8) is 0 Å². The normalized spacial score (nSPS) is 29.2. The third-order valence-corrected chi connectivity index (χ3v) is 9.39. The van der Waals surface area contributed by atoms with Crippen LogP contribution in [0.3, 0.4) is 0 Å². The van der Waals surface area contributed by atoms with Crippen LogP contribution in [0.25, 0.3) is 0 Å². The average molecular weight is 505 g/mol. The molecule has 4 rings (SSSR count). The number of rotatable bonds is 13. The highest BCUT2D eigenvalue weighted by Gasteiger charge is 2.34. The Bertz CT molecular complexity index is 611. The monoisotopic (exact) mass is 504 g/mol. The van der Waals surface area contributed by atoms with E-state index < -0.39 is 0 Å². The van der Waals surface area contributed by atoms with E-state index in [-0.39, 0.29) is 11.9 Å². The van der Waals surface area contributed by atoms with Gasteiger partial charge in [-0.25, -0.2) is 0 Å². The summed E-state index contributed by atoms with van der Waals surface area (Å²) in [5, 5.41) is 0. The van der Waals surface area contributed by atoms with Crippen LogP contribution in [0.5, 0.6) is 0 Å². The van der Waals surface area contributed by atoms with Gasteiger partial charge in [0.2, 0.25) is 0 Å². The summed E-state index contributed by atoms with van der Waals surface area (Å²) in [6.07, 6.45) is 20.1. The van der Waals surface area contributed by atoms with Gasteiger partial charge in [0.25, 0.3) is 0 Å². The minimum atomic E-state index is -0.0139. The molecule has 0 aromatic rings. The van der Waals surface area contributed by atoms with Crippen molar-refractivity contribution in [2.45, 2.75) is 128 Å². The Morgan fingerprint density at radius 2 is 0.944 bits per heavy atom. The average Bonchev–Trinajstić information content (AvgIpc) is 2.92. The summed E-state index contributed by atoms with van der Waals surface area (Å²) in [5.74, 6) is 1.05. The van der Waals surface area contributed by atoms with Gasteiger partial charge >= 0.3 is 11.9 Å². The molecule has 0 bridgehead atoms. The van der Waals surface area contributed by atoms with Gasteiger partial charge < -0.3 is 9.47 Å². The second-order valence-electron chi connectivity index (χ2n) is 12.0. The molecule has 4 aliphatic heterocycles. The van der Waals surface area contributed by atoms with Crippen LogP contribution in [0.2, 0.25) is 0 Å². The van der Waals surface area contributed by atoms with Crippen LogP contribution < -0.4 is 0 Å². The lowest BCUT2D eigenvalue weighted by Crippen LogP contribution is -2.49. The summed E-state index contributed by atoms with van der Waals surface area (Å²) in [6.45, 7) is 6.17. The molecule has 4 atom stereocenters. The maximum Gasteiger partial charge on any atom is 0.305 e. The lowest BCUT2D eigenvalue weighted by Gasteiger charge is -2.44. The molecule has 6 heteroatoms. The zero-order valence-corrected chi connectivity index (χ0v) is 22.8. The largest absolute Gasteiger partial charge is 0.465 e. The highest BCUT2D eigenvalue weighted by Crippen LogP contribution is 2.32. The molecule has 4 unspecified atom stereocenters. The first-order valence-electron chi connectivity index (χ1n) is 15.5. The van der Waals surface area contributed by atoms with Crippen molar-refractivity contribution in [2.24, 2.45) is 11.8 Å². The number of esters is 2. The van der Waals surface area contributed by atoms with Crippen molar-refractivity contribution >= 4 is 11.9 Å². The first kappa shape index (κ1) is 27.9. The zero-order valence-electron chi connectivity index (χ0n) is 22.8. The molecule has 4 fully saturated rings. The second-order valence-corrected chi connectivity index (χ2v) is 12.0. The molecule has 0 spiro atoms. The smallest absolute Gasteiger partial charge is 0.305 e. The molecule has 4 aliphatic rings. The Labute approximate surface area is 219 Å². The molecule has 0 aliphatic carbocycles. The predicted octanol–water partition coefficient (Wildman–Crippen LogP) is 5.72. The van der Waals surface area contributed by atoms with Gasteiger partial charge in [-0.3, -0.25) is 19.4 Å². The number of unbranched alkanes of at least 4 members (excludes halogenated alkanes) is 5. The van der Waals surface area contributed by atoms with Gasteiger partial charge in [0, 0.05) is 36.8 Å². The van der Waals surface area contributed by atoms with E-state index in [1.807, 2.05) is 0 Å². The summed E-state index contributed by atoms with van der Waals surface area (Å²) >= 11 is 0. The molecule has 0 N–H and O–H groups in total. The van der Waals surface area contributed by atoms with E-state index in [4.69, 9.17) is 9.47 Å². The van der Waals surface area contributed by atoms with Gasteiger partial charge in [-0.15, -0.1) is 0 Å². The first-order valence-corrected chi connectivity index (χ1v) is 15.5. The molecule has 0 aromatic carbocycles. The SMILES string of the molecule is O=C(CCCCCCCCC(=O)OCC1CCCN2CCCCC12)OCC1CCCN2CCCCC12. The predicted molar refractivity (Wildman–Crippen MR) is 143 cm³/mol. The summed E-state index contributed by atoms with van der Waals surface area (Å²) in [7, 11) is 0. The molecule has 4 saturated heterocycles. The number of ether oxygens (including phenoxy) is 2. The van der Waals surface area contributed by atoms with Gasteiger partial charge in [-0.2, -0.15) is 0 Å². The Balaban J connectivity index is 0.961. The molecule has 4 heterocycles. The van der Waals surface area contributed by atoms with Crippen LogP contribution in [0.4, 0.5) is 0 Å². The van der Waals surface area contributed by atoms with Crippen molar-refractivity contribution in [2.75, 3.05) is 39.4 Å².